The SMILES string of the molecule is CCCCC/C=C\C=C1/C(=O)C=C[C@@H]1C/C=C\CCCC(=O)OC(CO)CO. The molecule has 0 aromatic carbocycles. The molecular formula is C23H34O5. The van der Waals surface area contributed by atoms with Gasteiger partial charge in [0.25, 0.3) is 0 Å². The molecule has 1 aliphatic rings. The molecule has 156 valence electrons. The highest BCUT2D eigenvalue weighted by Crippen LogP contribution is 2.25. The first-order valence-electron chi connectivity index (χ1n) is 10.3. The van der Waals surface area contributed by atoms with Crippen molar-refractivity contribution in [3.05, 3.63) is 48.1 Å². The quantitative estimate of drug-likeness (QED) is 0.204. The van der Waals surface area contributed by atoms with Crippen LogP contribution in [0, 0.1) is 5.92 Å². The Labute approximate surface area is 168 Å². The van der Waals surface area contributed by atoms with E-state index in [0.717, 1.165) is 24.8 Å². The Bertz CT molecular complexity index is 582. The van der Waals surface area contributed by atoms with Gasteiger partial charge in [0.05, 0.1) is 13.2 Å². The molecule has 0 saturated carbocycles. The number of esters is 1. The van der Waals surface area contributed by atoms with Crippen molar-refractivity contribution in [1.82, 2.24) is 0 Å². The first-order valence-corrected chi connectivity index (χ1v) is 10.3. The van der Waals surface area contributed by atoms with Crippen molar-refractivity contribution in [3.63, 3.8) is 0 Å². The first-order chi connectivity index (χ1) is 13.6. The van der Waals surface area contributed by atoms with Crippen LogP contribution in [0.4, 0.5) is 0 Å². The molecule has 0 heterocycles. The Morgan fingerprint density at radius 2 is 1.89 bits per heavy atom. The van der Waals surface area contributed by atoms with E-state index in [1.807, 2.05) is 30.4 Å². The van der Waals surface area contributed by atoms with Gasteiger partial charge in [-0.2, -0.15) is 0 Å². The lowest BCUT2D eigenvalue weighted by Crippen LogP contribution is -2.25. The van der Waals surface area contributed by atoms with Crippen LogP contribution in [0.2, 0.25) is 0 Å². The molecule has 0 radical (unpaired) electrons. The number of carbonyl (C=O) groups excluding carboxylic acids is 2. The second-order valence-corrected chi connectivity index (χ2v) is 6.95. The van der Waals surface area contributed by atoms with Crippen LogP contribution in [0.1, 0.15) is 58.3 Å². The van der Waals surface area contributed by atoms with E-state index in [1.54, 1.807) is 6.08 Å². The number of hydrogen-bond acceptors (Lipinski definition) is 5. The van der Waals surface area contributed by atoms with Gasteiger partial charge in [-0.05, 0) is 38.2 Å². The molecule has 0 unspecified atom stereocenters. The molecule has 0 bridgehead atoms. The predicted molar refractivity (Wildman–Crippen MR) is 111 cm³/mol. The summed E-state index contributed by atoms with van der Waals surface area (Å²) in [5.74, 6) is -0.215. The first kappa shape index (κ1) is 24.1. The fourth-order valence-electron chi connectivity index (χ4n) is 2.88. The van der Waals surface area contributed by atoms with Crippen molar-refractivity contribution >= 4 is 11.8 Å². The number of rotatable bonds is 14. The minimum absolute atomic E-state index is 0.0849. The van der Waals surface area contributed by atoms with E-state index in [-0.39, 0.29) is 31.3 Å². The second-order valence-electron chi connectivity index (χ2n) is 6.95. The van der Waals surface area contributed by atoms with Gasteiger partial charge in [0.15, 0.2) is 5.78 Å². The van der Waals surface area contributed by atoms with Crippen LogP contribution < -0.4 is 0 Å². The molecule has 28 heavy (non-hydrogen) atoms. The average molecular weight is 391 g/mol. The van der Waals surface area contributed by atoms with E-state index >= 15 is 0 Å². The van der Waals surface area contributed by atoms with Crippen molar-refractivity contribution in [2.24, 2.45) is 5.92 Å². The van der Waals surface area contributed by atoms with Gasteiger partial charge >= 0.3 is 5.97 Å². The van der Waals surface area contributed by atoms with Crippen LogP contribution in [0.25, 0.3) is 0 Å². The number of ketones is 1. The number of unbranched alkanes of at least 4 members (excludes halogenated alkanes) is 4. The van der Waals surface area contributed by atoms with Gasteiger partial charge in [0.1, 0.15) is 6.10 Å². The number of aliphatic hydroxyl groups excluding tert-OH is 2. The van der Waals surface area contributed by atoms with Gasteiger partial charge in [-0.3, -0.25) is 9.59 Å². The van der Waals surface area contributed by atoms with Crippen molar-refractivity contribution in [2.75, 3.05) is 13.2 Å². The molecule has 1 atom stereocenters. The lowest BCUT2D eigenvalue weighted by Gasteiger charge is -2.12. The maximum atomic E-state index is 12.0. The molecular weight excluding hydrogens is 356 g/mol. The summed E-state index contributed by atoms with van der Waals surface area (Å²) < 4.78 is 4.91. The summed E-state index contributed by atoms with van der Waals surface area (Å²) >= 11 is 0. The van der Waals surface area contributed by atoms with Crippen molar-refractivity contribution < 1.29 is 24.5 Å². The summed E-state index contributed by atoms with van der Waals surface area (Å²) in [5, 5.41) is 17.8. The smallest absolute Gasteiger partial charge is 0.306 e. The number of ether oxygens (including phenoxy) is 1. The number of aliphatic hydroxyl groups is 2. The van der Waals surface area contributed by atoms with Gasteiger partial charge in [-0.1, -0.05) is 56.2 Å². The minimum Gasteiger partial charge on any atom is -0.457 e. The Morgan fingerprint density at radius 3 is 2.61 bits per heavy atom. The number of carbonyl (C=O) groups is 2. The number of hydrogen-bond donors (Lipinski definition) is 2. The summed E-state index contributed by atoms with van der Waals surface area (Å²) in [6, 6.07) is 0. The third-order valence-corrected chi connectivity index (χ3v) is 4.56. The highest BCUT2D eigenvalue weighted by atomic mass is 16.6. The molecule has 1 rings (SSSR count). The summed E-state index contributed by atoms with van der Waals surface area (Å²) in [6.07, 6.45) is 19.9. The van der Waals surface area contributed by atoms with Crippen LogP contribution in [-0.4, -0.2) is 41.3 Å². The predicted octanol–water partition coefficient (Wildman–Crippen LogP) is 3.82. The molecule has 5 heteroatoms. The Morgan fingerprint density at radius 1 is 1.14 bits per heavy atom. The van der Waals surface area contributed by atoms with Crippen molar-refractivity contribution in [2.45, 2.75) is 64.4 Å². The maximum Gasteiger partial charge on any atom is 0.306 e. The lowest BCUT2D eigenvalue weighted by molar-refractivity contribution is -0.153. The largest absolute Gasteiger partial charge is 0.457 e. The van der Waals surface area contributed by atoms with Gasteiger partial charge in [-0.25, -0.2) is 0 Å². The van der Waals surface area contributed by atoms with E-state index < -0.39 is 12.1 Å². The maximum absolute atomic E-state index is 12.0. The van der Waals surface area contributed by atoms with Crippen LogP contribution >= 0.6 is 0 Å². The van der Waals surface area contributed by atoms with E-state index in [9.17, 15) is 9.59 Å². The average Bonchev–Trinajstić information content (AvgIpc) is 3.05. The van der Waals surface area contributed by atoms with Crippen molar-refractivity contribution in [3.8, 4) is 0 Å². The monoisotopic (exact) mass is 390 g/mol. The molecule has 0 aliphatic heterocycles. The molecule has 0 amide bonds. The highest BCUT2D eigenvalue weighted by Gasteiger charge is 2.20. The lowest BCUT2D eigenvalue weighted by atomic mass is 9.97. The van der Waals surface area contributed by atoms with Crippen LogP contribution in [0.3, 0.4) is 0 Å². The van der Waals surface area contributed by atoms with E-state index in [4.69, 9.17) is 14.9 Å². The zero-order valence-corrected chi connectivity index (χ0v) is 16.9. The summed E-state index contributed by atoms with van der Waals surface area (Å²) in [5.41, 5.74) is 0.832. The molecule has 5 nitrogen and oxygen atoms in total. The third kappa shape index (κ3) is 9.81. The molecule has 2 N–H and O–H groups in total. The van der Waals surface area contributed by atoms with Crippen LogP contribution in [0.5, 0.6) is 0 Å². The Hall–Kier alpha value is -1.98. The zero-order chi connectivity index (χ0) is 20.6. The fraction of sp³-hybridized carbons (Fsp3) is 0.565. The van der Waals surface area contributed by atoms with Gasteiger partial charge in [-0.15, -0.1) is 0 Å². The van der Waals surface area contributed by atoms with Crippen molar-refractivity contribution in [1.29, 1.82) is 0 Å². The van der Waals surface area contributed by atoms with Crippen LogP contribution in [0.15, 0.2) is 48.1 Å². The van der Waals surface area contributed by atoms with E-state index in [1.165, 1.54) is 19.3 Å². The molecule has 0 spiro atoms. The zero-order valence-electron chi connectivity index (χ0n) is 16.9. The standard InChI is InChI=1S/C23H34O5/c1-2-3-4-5-6-10-13-21-19(15-16-22(21)26)12-9-7-8-11-14-23(27)28-20(17-24)18-25/h6-7,9-10,13,15-16,19-20,24-25H,2-5,8,11-12,14,17-18H2,1H3/b9-7-,10-6-,21-13-/t19-/m0/s1. The van der Waals surface area contributed by atoms with E-state index in [2.05, 4.69) is 13.0 Å². The molecule has 0 aromatic rings. The van der Waals surface area contributed by atoms with Crippen LogP contribution in [-0.2, 0) is 14.3 Å². The molecule has 0 saturated heterocycles. The molecule has 0 fully saturated rings. The normalized spacial score (nSPS) is 18.4. The second kappa shape index (κ2) is 15.0. The Balaban J connectivity index is 2.31. The minimum atomic E-state index is -0.833. The molecule has 1 aliphatic carbocycles. The topological polar surface area (TPSA) is 83.8 Å². The summed E-state index contributed by atoms with van der Waals surface area (Å²) in [4.78, 5) is 23.5. The number of allylic oxidation sites excluding steroid dienone is 8. The summed E-state index contributed by atoms with van der Waals surface area (Å²) in [7, 11) is 0. The third-order valence-electron chi connectivity index (χ3n) is 4.56. The summed E-state index contributed by atoms with van der Waals surface area (Å²) in [6.45, 7) is 1.43. The van der Waals surface area contributed by atoms with E-state index in [0.29, 0.717) is 6.42 Å². The fourth-order valence-corrected chi connectivity index (χ4v) is 2.88. The molecule has 0 aromatic heterocycles. The Kier molecular flexibility index (Phi) is 12.9. The van der Waals surface area contributed by atoms with Gasteiger partial charge in [0, 0.05) is 17.9 Å². The van der Waals surface area contributed by atoms with Gasteiger partial charge in [0.2, 0.25) is 0 Å². The highest BCUT2D eigenvalue weighted by molar-refractivity contribution is 6.07. The van der Waals surface area contributed by atoms with Gasteiger partial charge < -0.3 is 14.9 Å².